The summed E-state index contributed by atoms with van der Waals surface area (Å²) in [6.07, 6.45) is 3.65. The minimum atomic E-state index is -0.103. The lowest BCUT2D eigenvalue weighted by Crippen LogP contribution is -2.22. The number of nitrogens with one attached hydrogen (secondary N) is 1. The molecule has 21 heavy (non-hydrogen) atoms. The van der Waals surface area contributed by atoms with Crippen molar-refractivity contribution in [1.29, 1.82) is 0 Å². The van der Waals surface area contributed by atoms with E-state index in [0.29, 0.717) is 17.1 Å². The predicted molar refractivity (Wildman–Crippen MR) is 82.6 cm³/mol. The monoisotopic (exact) mass is 299 g/mol. The lowest BCUT2D eigenvalue weighted by atomic mass is 10.1. The fraction of sp³-hybridized carbons (Fsp3) is 0.125. The molecule has 2 heterocycles. The summed E-state index contributed by atoms with van der Waals surface area (Å²) in [7, 11) is 0. The van der Waals surface area contributed by atoms with Crippen LogP contribution in [-0.2, 0) is 6.54 Å². The lowest BCUT2D eigenvalue weighted by molar-refractivity contribution is 0.0950. The molecule has 0 aliphatic heterocycles. The average molecular weight is 300 g/mol. The van der Waals surface area contributed by atoms with Gasteiger partial charge in [0.1, 0.15) is 5.65 Å². The Bertz CT molecular complexity index is 810. The number of carbonyl (C=O) groups excluding carboxylic acids is 1. The van der Waals surface area contributed by atoms with Crippen LogP contribution in [0.1, 0.15) is 21.6 Å². The quantitative estimate of drug-likeness (QED) is 0.807. The number of aromatic nitrogens is 2. The van der Waals surface area contributed by atoms with E-state index in [2.05, 4.69) is 10.3 Å². The van der Waals surface area contributed by atoms with Crippen LogP contribution in [0.4, 0.5) is 0 Å². The Labute approximate surface area is 127 Å². The van der Waals surface area contributed by atoms with Crippen LogP contribution in [0, 0.1) is 6.92 Å². The Hall–Kier alpha value is -2.33. The van der Waals surface area contributed by atoms with Gasteiger partial charge in [-0.15, -0.1) is 0 Å². The van der Waals surface area contributed by atoms with Crippen molar-refractivity contribution >= 4 is 23.2 Å². The summed E-state index contributed by atoms with van der Waals surface area (Å²) in [5, 5.41) is 3.52. The molecule has 0 aliphatic rings. The normalized spacial score (nSPS) is 10.8. The second-order valence-electron chi connectivity index (χ2n) is 4.90. The number of rotatable bonds is 3. The molecule has 1 amide bonds. The van der Waals surface area contributed by atoms with Gasteiger partial charge in [0, 0.05) is 18.0 Å². The first-order valence-electron chi connectivity index (χ1n) is 6.60. The zero-order chi connectivity index (χ0) is 14.8. The number of imidazole rings is 1. The van der Waals surface area contributed by atoms with Crippen LogP contribution < -0.4 is 5.32 Å². The van der Waals surface area contributed by atoms with Gasteiger partial charge in [-0.2, -0.15) is 0 Å². The standard InChI is InChI=1S/C16H14ClN3O/c1-11-3-2-4-12(7-11)16(21)18-8-14-10-20-9-13(17)5-6-15(20)19-14/h2-7,9-10H,8H2,1H3,(H,18,21). The smallest absolute Gasteiger partial charge is 0.251 e. The van der Waals surface area contributed by atoms with Crippen LogP contribution in [0.25, 0.3) is 5.65 Å². The third kappa shape index (κ3) is 3.06. The first-order valence-corrected chi connectivity index (χ1v) is 6.97. The van der Waals surface area contributed by atoms with E-state index in [0.717, 1.165) is 16.9 Å². The van der Waals surface area contributed by atoms with Crippen molar-refractivity contribution in [3.63, 3.8) is 0 Å². The van der Waals surface area contributed by atoms with Crippen LogP contribution in [0.15, 0.2) is 48.8 Å². The SMILES string of the molecule is Cc1cccc(C(=O)NCc2cn3cc(Cl)ccc3n2)c1. The summed E-state index contributed by atoms with van der Waals surface area (Å²) in [4.78, 5) is 16.5. The van der Waals surface area contributed by atoms with Crippen LogP contribution in [-0.4, -0.2) is 15.3 Å². The van der Waals surface area contributed by atoms with Gasteiger partial charge in [0.05, 0.1) is 17.3 Å². The molecule has 3 aromatic rings. The van der Waals surface area contributed by atoms with Crippen LogP contribution in [0.2, 0.25) is 5.02 Å². The summed E-state index contributed by atoms with van der Waals surface area (Å²) in [6.45, 7) is 2.34. The summed E-state index contributed by atoms with van der Waals surface area (Å²) >= 11 is 5.93. The third-order valence-corrected chi connectivity index (χ3v) is 3.40. The van der Waals surface area contributed by atoms with Gasteiger partial charge in [-0.1, -0.05) is 29.3 Å². The number of nitrogens with zero attached hydrogens (tertiary/aromatic N) is 2. The Balaban J connectivity index is 1.72. The molecule has 4 nitrogen and oxygen atoms in total. The van der Waals surface area contributed by atoms with Gasteiger partial charge in [-0.05, 0) is 31.2 Å². The molecular weight excluding hydrogens is 286 g/mol. The number of pyridine rings is 1. The zero-order valence-corrected chi connectivity index (χ0v) is 12.3. The molecule has 1 aromatic carbocycles. The number of benzene rings is 1. The topological polar surface area (TPSA) is 46.4 Å². The maximum atomic E-state index is 12.1. The van der Waals surface area contributed by atoms with Crippen LogP contribution in [0.3, 0.4) is 0 Å². The number of hydrogen-bond acceptors (Lipinski definition) is 2. The maximum Gasteiger partial charge on any atom is 0.251 e. The van der Waals surface area contributed by atoms with Crippen molar-refractivity contribution < 1.29 is 4.79 Å². The van der Waals surface area contributed by atoms with Gasteiger partial charge in [0.15, 0.2) is 0 Å². The molecule has 2 aromatic heterocycles. The fourth-order valence-electron chi connectivity index (χ4n) is 2.16. The molecule has 0 fully saturated rings. The molecule has 0 saturated heterocycles. The lowest BCUT2D eigenvalue weighted by Gasteiger charge is -2.03. The molecule has 5 heteroatoms. The number of carbonyl (C=O) groups is 1. The summed E-state index contributed by atoms with van der Waals surface area (Å²) in [6, 6.07) is 11.1. The number of hydrogen-bond donors (Lipinski definition) is 1. The molecule has 0 bridgehead atoms. The molecule has 0 aliphatic carbocycles. The Kier molecular flexibility index (Phi) is 3.62. The van der Waals surface area contributed by atoms with E-state index < -0.39 is 0 Å². The summed E-state index contributed by atoms with van der Waals surface area (Å²) in [5.41, 5.74) is 3.31. The molecule has 1 N–H and O–H groups in total. The van der Waals surface area contributed by atoms with Crippen LogP contribution in [0.5, 0.6) is 0 Å². The molecule has 0 unspecified atom stereocenters. The second kappa shape index (κ2) is 5.58. The minimum Gasteiger partial charge on any atom is -0.346 e. The van der Waals surface area contributed by atoms with E-state index >= 15 is 0 Å². The summed E-state index contributed by atoms with van der Waals surface area (Å²) in [5.74, 6) is -0.103. The van der Waals surface area contributed by atoms with Gasteiger partial charge >= 0.3 is 0 Å². The fourth-order valence-corrected chi connectivity index (χ4v) is 2.33. The Morgan fingerprint density at radius 1 is 1.29 bits per heavy atom. The highest BCUT2D eigenvalue weighted by molar-refractivity contribution is 6.30. The molecule has 0 radical (unpaired) electrons. The van der Waals surface area contributed by atoms with Crippen molar-refractivity contribution in [3.8, 4) is 0 Å². The van der Waals surface area contributed by atoms with Gasteiger partial charge in [0.25, 0.3) is 5.91 Å². The summed E-state index contributed by atoms with van der Waals surface area (Å²) < 4.78 is 1.84. The molecular formula is C16H14ClN3O. The number of aryl methyl sites for hydroxylation is 1. The highest BCUT2D eigenvalue weighted by Gasteiger charge is 2.07. The van der Waals surface area contributed by atoms with Gasteiger partial charge < -0.3 is 9.72 Å². The van der Waals surface area contributed by atoms with E-state index in [1.165, 1.54) is 0 Å². The maximum absolute atomic E-state index is 12.1. The number of halogens is 1. The highest BCUT2D eigenvalue weighted by atomic mass is 35.5. The van der Waals surface area contributed by atoms with Gasteiger partial charge in [-0.3, -0.25) is 4.79 Å². The van der Waals surface area contributed by atoms with E-state index in [4.69, 9.17) is 11.6 Å². The van der Waals surface area contributed by atoms with Crippen molar-refractivity contribution in [3.05, 3.63) is 70.6 Å². The number of amides is 1. The predicted octanol–water partition coefficient (Wildman–Crippen LogP) is 3.23. The molecule has 0 atom stereocenters. The van der Waals surface area contributed by atoms with Crippen molar-refractivity contribution in [2.75, 3.05) is 0 Å². The van der Waals surface area contributed by atoms with Crippen molar-refractivity contribution in [2.45, 2.75) is 13.5 Å². The van der Waals surface area contributed by atoms with Crippen molar-refractivity contribution in [2.24, 2.45) is 0 Å². The Morgan fingerprint density at radius 3 is 2.95 bits per heavy atom. The third-order valence-electron chi connectivity index (χ3n) is 3.18. The second-order valence-corrected chi connectivity index (χ2v) is 5.33. The Morgan fingerprint density at radius 2 is 2.14 bits per heavy atom. The first-order chi connectivity index (χ1) is 10.1. The average Bonchev–Trinajstić information content (AvgIpc) is 2.86. The molecule has 3 rings (SSSR count). The van der Waals surface area contributed by atoms with Crippen molar-refractivity contribution in [1.82, 2.24) is 14.7 Å². The van der Waals surface area contributed by atoms with E-state index in [1.54, 1.807) is 18.3 Å². The minimum absolute atomic E-state index is 0.103. The van der Waals surface area contributed by atoms with Gasteiger partial charge in [0.2, 0.25) is 0 Å². The molecule has 0 saturated carbocycles. The van der Waals surface area contributed by atoms with Gasteiger partial charge in [-0.25, -0.2) is 4.98 Å². The van der Waals surface area contributed by atoms with E-state index in [1.807, 2.05) is 41.8 Å². The zero-order valence-electron chi connectivity index (χ0n) is 11.5. The first kappa shape index (κ1) is 13.6. The molecule has 106 valence electrons. The van der Waals surface area contributed by atoms with E-state index in [9.17, 15) is 4.79 Å². The molecule has 0 spiro atoms. The number of fused-ring (bicyclic) bond motifs is 1. The largest absolute Gasteiger partial charge is 0.346 e. The van der Waals surface area contributed by atoms with E-state index in [-0.39, 0.29) is 5.91 Å². The highest BCUT2D eigenvalue weighted by Crippen LogP contribution is 2.12. The van der Waals surface area contributed by atoms with Crippen LogP contribution >= 0.6 is 11.6 Å².